The van der Waals surface area contributed by atoms with Crippen LogP contribution in [0.15, 0.2) is 37.2 Å². The van der Waals surface area contributed by atoms with Crippen molar-refractivity contribution >= 4 is 0 Å². The number of aromatic nitrogens is 7. The lowest BCUT2D eigenvalue weighted by molar-refractivity contribution is 0.199. The van der Waals surface area contributed by atoms with E-state index < -0.39 is 0 Å². The van der Waals surface area contributed by atoms with E-state index in [0.717, 1.165) is 50.7 Å². The molecule has 8 nitrogen and oxygen atoms in total. The molecule has 4 heterocycles. The minimum absolute atomic E-state index is 0.470. The fraction of sp³-hybridized carbons (Fsp3) is 0.500. The predicted molar refractivity (Wildman–Crippen MR) is 96.3 cm³/mol. The Morgan fingerprint density at radius 3 is 2.58 bits per heavy atom. The zero-order valence-corrected chi connectivity index (χ0v) is 15.1. The van der Waals surface area contributed by atoms with Crippen molar-refractivity contribution in [2.24, 2.45) is 0 Å². The molecule has 0 unspecified atom stereocenters. The molecular formula is C18H24N8. The molecule has 4 rings (SSSR count). The molecule has 0 radical (unpaired) electrons. The number of nitrogens with zero attached hydrogens (tertiary/aromatic N) is 8. The van der Waals surface area contributed by atoms with Crippen LogP contribution in [0.25, 0.3) is 0 Å². The number of hydrogen-bond acceptors (Lipinski definition) is 6. The summed E-state index contributed by atoms with van der Waals surface area (Å²) in [6.07, 6.45) is 11.3. The van der Waals surface area contributed by atoms with Crippen molar-refractivity contribution in [3.05, 3.63) is 54.4 Å². The highest BCUT2D eigenvalue weighted by molar-refractivity contribution is 5.06. The van der Waals surface area contributed by atoms with Crippen LogP contribution in [0.4, 0.5) is 0 Å². The van der Waals surface area contributed by atoms with Gasteiger partial charge in [0, 0.05) is 49.4 Å². The molecular weight excluding hydrogens is 328 g/mol. The van der Waals surface area contributed by atoms with Gasteiger partial charge in [0.2, 0.25) is 0 Å². The monoisotopic (exact) mass is 352 g/mol. The number of piperidine rings is 1. The van der Waals surface area contributed by atoms with Crippen LogP contribution < -0.4 is 0 Å². The van der Waals surface area contributed by atoms with Crippen LogP contribution in [-0.4, -0.2) is 52.5 Å². The van der Waals surface area contributed by atoms with Crippen molar-refractivity contribution in [1.29, 1.82) is 0 Å². The van der Waals surface area contributed by atoms with Crippen molar-refractivity contribution in [1.82, 2.24) is 39.4 Å². The van der Waals surface area contributed by atoms with Crippen molar-refractivity contribution in [2.75, 3.05) is 13.1 Å². The Bertz CT molecular complexity index is 803. The maximum atomic E-state index is 4.53. The first-order chi connectivity index (χ1) is 12.8. The largest absolute Gasteiger partial charge is 0.313 e. The average molecular weight is 352 g/mol. The van der Waals surface area contributed by atoms with Crippen LogP contribution in [0.2, 0.25) is 0 Å². The zero-order valence-electron chi connectivity index (χ0n) is 15.1. The number of hydrogen-bond donors (Lipinski definition) is 0. The lowest BCUT2D eigenvalue weighted by atomic mass is 9.95. The highest BCUT2D eigenvalue weighted by Crippen LogP contribution is 2.28. The fourth-order valence-corrected chi connectivity index (χ4v) is 3.67. The minimum atomic E-state index is 0.470. The summed E-state index contributed by atoms with van der Waals surface area (Å²) in [5.41, 5.74) is 1.17. The van der Waals surface area contributed by atoms with Gasteiger partial charge in [-0.15, -0.1) is 10.2 Å². The normalized spacial score (nSPS) is 16.2. The first-order valence-electron chi connectivity index (χ1n) is 9.19. The second kappa shape index (κ2) is 7.74. The standard InChI is InChI=1S/C18H24N8/c1-2-26-17(13-25-7-3-6-21-25)22-23-18(26)16-4-8-24(9-5-16)12-15-10-19-14-20-11-15/h3,6-7,10-11,14,16H,2,4-5,8-9,12-13H2,1H3. The Hall–Kier alpha value is -2.61. The third-order valence-corrected chi connectivity index (χ3v) is 5.01. The summed E-state index contributed by atoms with van der Waals surface area (Å²) >= 11 is 0. The molecule has 0 bridgehead atoms. The lowest BCUT2D eigenvalue weighted by Crippen LogP contribution is -2.33. The van der Waals surface area contributed by atoms with Gasteiger partial charge in [0.05, 0.1) is 0 Å². The van der Waals surface area contributed by atoms with Crippen molar-refractivity contribution in [2.45, 2.75) is 45.3 Å². The topological polar surface area (TPSA) is 77.5 Å². The average Bonchev–Trinajstić information content (AvgIpc) is 3.33. The summed E-state index contributed by atoms with van der Waals surface area (Å²) in [6, 6.07) is 1.93. The van der Waals surface area contributed by atoms with Crippen molar-refractivity contribution in [3.63, 3.8) is 0 Å². The molecule has 0 aliphatic carbocycles. The van der Waals surface area contributed by atoms with E-state index >= 15 is 0 Å². The summed E-state index contributed by atoms with van der Waals surface area (Å²) in [7, 11) is 0. The lowest BCUT2D eigenvalue weighted by Gasteiger charge is -2.31. The molecule has 0 spiro atoms. The van der Waals surface area contributed by atoms with E-state index in [1.165, 1.54) is 5.56 Å². The Morgan fingerprint density at radius 2 is 1.88 bits per heavy atom. The van der Waals surface area contributed by atoms with Gasteiger partial charge in [0.1, 0.15) is 18.7 Å². The SMILES string of the molecule is CCn1c(Cn2cccn2)nnc1C1CCN(Cc2cncnc2)CC1. The number of likely N-dealkylation sites (tertiary alicyclic amines) is 1. The minimum Gasteiger partial charge on any atom is -0.313 e. The quantitative estimate of drug-likeness (QED) is 0.672. The molecule has 1 fully saturated rings. The van der Waals surface area contributed by atoms with Crippen LogP contribution in [0.1, 0.15) is 42.9 Å². The van der Waals surface area contributed by atoms with Crippen LogP contribution >= 0.6 is 0 Å². The summed E-state index contributed by atoms with van der Waals surface area (Å²) in [6.45, 7) is 6.75. The molecule has 26 heavy (non-hydrogen) atoms. The maximum absolute atomic E-state index is 4.53. The maximum Gasteiger partial charge on any atom is 0.154 e. The van der Waals surface area contributed by atoms with Crippen molar-refractivity contribution < 1.29 is 0 Å². The third kappa shape index (κ3) is 3.65. The zero-order chi connectivity index (χ0) is 17.8. The summed E-state index contributed by atoms with van der Waals surface area (Å²) in [4.78, 5) is 10.7. The first-order valence-corrected chi connectivity index (χ1v) is 9.19. The van der Waals surface area contributed by atoms with Gasteiger partial charge < -0.3 is 4.57 Å². The van der Waals surface area contributed by atoms with E-state index in [9.17, 15) is 0 Å². The molecule has 0 atom stereocenters. The van der Waals surface area contributed by atoms with Gasteiger partial charge in [-0.1, -0.05) is 0 Å². The van der Waals surface area contributed by atoms with Gasteiger partial charge in [-0.25, -0.2) is 9.97 Å². The van der Waals surface area contributed by atoms with E-state index in [1.807, 2.05) is 29.3 Å². The predicted octanol–water partition coefficient (Wildman–Crippen LogP) is 1.71. The van der Waals surface area contributed by atoms with Crippen LogP contribution in [-0.2, 0) is 19.6 Å². The van der Waals surface area contributed by atoms with Gasteiger partial charge in [-0.3, -0.25) is 9.58 Å². The molecule has 3 aromatic heterocycles. The van der Waals surface area contributed by atoms with Crippen LogP contribution in [0.3, 0.4) is 0 Å². The summed E-state index contributed by atoms with van der Waals surface area (Å²) < 4.78 is 4.15. The Labute approximate surface area is 152 Å². The molecule has 0 amide bonds. The van der Waals surface area contributed by atoms with Gasteiger partial charge >= 0.3 is 0 Å². The van der Waals surface area contributed by atoms with Crippen LogP contribution in [0.5, 0.6) is 0 Å². The molecule has 0 N–H and O–H groups in total. The van der Waals surface area contributed by atoms with E-state index in [2.05, 4.69) is 41.7 Å². The Morgan fingerprint density at radius 1 is 1.08 bits per heavy atom. The second-order valence-electron chi connectivity index (χ2n) is 6.72. The molecule has 3 aromatic rings. The summed E-state index contributed by atoms with van der Waals surface area (Å²) in [5, 5.41) is 13.3. The molecule has 0 saturated carbocycles. The van der Waals surface area contributed by atoms with Gasteiger partial charge in [0.15, 0.2) is 5.82 Å². The second-order valence-corrected chi connectivity index (χ2v) is 6.72. The highest BCUT2D eigenvalue weighted by Gasteiger charge is 2.26. The smallest absolute Gasteiger partial charge is 0.154 e. The molecule has 136 valence electrons. The molecule has 8 heteroatoms. The highest BCUT2D eigenvalue weighted by atomic mass is 15.3. The van der Waals surface area contributed by atoms with E-state index in [1.54, 1.807) is 12.5 Å². The molecule has 1 aliphatic heterocycles. The van der Waals surface area contributed by atoms with Gasteiger partial charge in [-0.05, 0) is 38.9 Å². The molecule has 0 aromatic carbocycles. The molecule has 1 aliphatic rings. The summed E-state index contributed by atoms with van der Waals surface area (Å²) in [5.74, 6) is 2.57. The van der Waals surface area contributed by atoms with Gasteiger partial charge in [0.25, 0.3) is 0 Å². The van der Waals surface area contributed by atoms with Crippen molar-refractivity contribution in [3.8, 4) is 0 Å². The van der Waals surface area contributed by atoms with E-state index in [-0.39, 0.29) is 0 Å². The third-order valence-electron chi connectivity index (χ3n) is 5.01. The molecule has 1 saturated heterocycles. The Balaban J connectivity index is 1.40. The van der Waals surface area contributed by atoms with Crippen LogP contribution in [0, 0.1) is 0 Å². The number of rotatable bonds is 6. The fourth-order valence-electron chi connectivity index (χ4n) is 3.67. The van der Waals surface area contributed by atoms with E-state index in [0.29, 0.717) is 12.5 Å². The van der Waals surface area contributed by atoms with E-state index in [4.69, 9.17) is 0 Å². The first kappa shape index (κ1) is 16.8. The van der Waals surface area contributed by atoms with Gasteiger partial charge in [-0.2, -0.15) is 5.10 Å². The Kier molecular flexibility index (Phi) is 5.01.